The van der Waals surface area contributed by atoms with Gasteiger partial charge in [0.25, 0.3) is 0 Å². The zero-order valence-corrected chi connectivity index (χ0v) is 18.4. The molecule has 0 atom stereocenters. The minimum atomic E-state index is -3.40. The van der Waals surface area contributed by atoms with Crippen LogP contribution >= 0.6 is 0 Å². The normalized spacial score (nSPS) is 17.5. The fraction of sp³-hybridized carbons (Fsp3) is 0.409. The lowest BCUT2D eigenvalue weighted by molar-refractivity contribution is -0.00805. The number of carbonyl (C=O) groups is 1. The Bertz CT molecular complexity index is 1120. The molecule has 1 saturated heterocycles. The number of amides is 1. The predicted molar refractivity (Wildman–Crippen MR) is 111 cm³/mol. The van der Waals surface area contributed by atoms with Crippen LogP contribution in [-0.2, 0) is 14.6 Å². The predicted octanol–water partition coefficient (Wildman–Crippen LogP) is 3.86. The maximum absolute atomic E-state index is 14.6. The number of ether oxygens (including phenoxy) is 3. The minimum Gasteiger partial charge on any atom is -0.490 e. The number of carbonyl (C=O) groups excluding carboxylic acids is 1. The molecule has 4 rings (SSSR count). The number of halogens is 1. The van der Waals surface area contributed by atoms with Gasteiger partial charge in [-0.3, -0.25) is 0 Å². The second kappa shape index (κ2) is 7.71. The minimum absolute atomic E-state index is 0.113. The molecule has 0 aliphatic carbocycles. The lowest BCUT2D eigenvalue weighted by atomic mass is 10.0. The molecule has 166 valence electrons. The van der Waals surface area contributed by atoms with Crippen molar-refractivity contribution in [2.24, 2.45) is 5.92 Å². The van der Waals surface area contributed by atoms with Crippen molar-refractivity contribution in [3.8, 4) is 22.6 Å². The van der Waals surface area contributed by atoms with Gasteiger partial charge >= 0.3 is 6.09 Å². The molecule has 0 N–H and O–H groups in total. The van der Waals surface area contributed by atoms with Gasteiger partial charge in [-0.1, -0.05) is 12.1 Å². The van der Waals surface area contributed by atoms with Crippen LogP contribution in [0.5, 0.6) is 11.5 Å². The summed E-state index contributed by atoms with van der Waals surface area (Å²) < 4.78 is 54.4. The molecule has 2 aliphatic rings. The molecular formula is C22H24FNO6S. The Labute approximate surface area is 180 Å². The average Bonchev–Trinajstić information content (AvgIpc) is 2.94. The van der Waals surface area contributed by atoms with Crippen molar-refractivity contribution in [2.75, 3.05) is 25.6 Å². The number of benzene rings is 2. The van der Waals surface area contributed by atoms with Crippen LogP contribution in [0.25, 0.3) is 11.1 Å². The van der Waals surface area contributed by atoms with Crippen molar-refractivity contribution < 1.29 is 31.8 Å². The van der Waals surface area contributed by atoms with E-state index in [-0.39, 0.29) is 34.3 Å². The third kappa shape index (κ3) is 4.61. The SMILES string of the molecule is CC(C)(C)OC(=O)N1CC(COc2ccc(-c3ccc4c(c3)OCS4(=O)=O)cc2F)C1. The third-order valence-electron chi connectivity index (χ3n) is 5.00. The number of sulfone groups is 1. The number of likely N-dealkylation sites (tertiary alicyclic amines) is 1. The molecule has 2 aromatic rings. The molecule has 1 amide bonds. The van der Waals surface area contributed by atoms with Crippen LogP contribution in [0.1, 0.15) is 20.8 Å². The fourth-order valence-electron chi connectivity index (χ4n) is 3.42. The smallest absolute Gasteiger partial charge is 0.410 e. The number of rotatable bonds is 4. The van der Waals surface area contributed by atoms with Crippen LogP contribution in [-0.4, -0.2) is 50.6 Å². The number of hydrogen-bond acceptors (Lipinski definition) is 6. The molecule has 31 heavy (non-hydrogen) atoms. The quantitative estimate of drug-likeness (QED) is 0.705. The highest BCUT2D eigenvalue weighted by Crippen LogP contribution is 2.36. The Hall–Kier alpha value is -2.81. The van der Waals surface area contributed by atoms with Crippen LogP contribution in [0, 0.1) is 11.7 Å². The van der Waals surface area contributed by atoms with Gasteiger partial charge in [0.15, 0.2) is 17.5 Å². The van der Waals surface area contributed by atoms with Crippen molar-refractivity contribution >= 4 is 15.9 Å². The molecule has 2 aromatic carbocycles. The van der Waals surface area contributed by atoms with Gasteiger partial charge < -0.3 is 19.1 Å². The van der Waals surface area contributed by atoms with Crippen molar-refractivity contribution in [1.82, 2.24) is 4.90 Å². The second-order valence-electron chi connectivity index (χ2n) is 8.75. The standard InChI is InChI=1S/C22H24FNO6S/c1-22(2,3)30-21(25)24-10-14(11-24)12-28-18-6-4-15(8-17(18)23)16-5-7-20-19(9-16)29-13-31(20,26)27/h4-9,14H,10-13H2,1-3H3. The Morgan fingerprint density at radius 3 is 2.52 bits per heavy atom. The van der Waals surface area contributed by atoms with Gasteiger partial charge in [0, 0.05) is 19.0 Å². The highest BCUT2D eigenvalue weighted by atomic mass is 32.2. The Morgan fingerprint density at radius 1 is 1.16 bits per heavy atom. The van der Waals surface area contributed by atoms with Gasteiger partial charge in [-0.2, -0.15) is 0 Å². The first-order valence-corrected chi connectivity index (χ1v) is 11.6. The van der Waals surface area contributed by atoms with Gasteiger partial charge in [0.05, 0.1) is 6.61 Å². The van der Waals surface area contributed by atoms with Crippen molar-refractivity contribution in [1.29, 1.82) is 0 Å². The van der Waals surface area contributed by atoms with E-state index in [4.69, 9.17) is 14.2 Å². The first-order valence-electron chi connectivity index (χ1n) is 9.92. The highest BCUT2D eigenvalue weighted by molar-refractivity contribution is 7.91. The summed E-state index contributed by atoms with van der Waals surface area (Å²) >= 11 is 0. The van der Waals surface area contributed by atoms with Crippen molar-refractivity contribution in [3.63, 3.8) is 0 Å². The van der Waals surface area contributed by atoms with E-state index in [1.54, 1.807) is 29.2 Å². The monoisotopic (exact) mass is 449 g/mol. The molecule has 0 bridgehead atoms. The van der Waals surface area contributed by atoms with Crippen molar-refractivity contribution in [2.45, 2.75) is 31.3 Å². The third-order valence-corrected chi connectivity index (χ3v) is 6.43. The molecule has 0 spiro atoms. The van der Waals surface area contributed by atoms with E-state index in [0.717, 1.165) is 0 Å². The average molecular weight is 450 g/mol. The lowest BCUT2D eigenvalue weighted by Gasteiger charge is -2.39. The summed E-state index contributed by atoms with van der Waals surface area (Å²) in [5.74, 6) is -0.381. The van der Waals surface area contributed by atoms with Crippen LogP contribution in [0.4, 0.5) is 9.18 Å². The van der Waals surface area contributed by atoms with Gasteiger partial charge in [0.2, 0.25) is 9.84 Å². The summed E-state index contributed by atoms with van der Waals surface area (Å²) in [5, 5.41) is 0. The summed E-state index contributed by atoms with van der Waals surface area (Å²) in [6.45, 7) is 6.75. The van der Waals surface area contributed by atoms with Gasteiger partial charge in [-0.05, 0) is 56.2 Å². The van der Waals surface area contributed by atoms with E-state index in [2.05, 4.69) is 0 Å². The largest absolute Gasteiger partial charge is 0.490 e. The second-order valence-corrected chi connectivity index (χ2v) is 10.7. The summed E-state index contributed by atoms with van der Waals surface area (Å²) in [6, 6.07) is 9.28. The Morgan fingerprint density at radius 2 is 1.84 bits per heavy atom. The summed E-state index contributed by atoms with van der Waals surface area (Å²) in [6.07, 6.45) is -0.356. The Balaban J connectivity index is 1.35. The van der Waals surface area contributed by atoms with Crippen LogP contribution < -0.4 is 9.47 Å². The number of fused-ring (bicyclic) bond motifs is 1. The maximum Gasteiger partial charge on any atom is 0.410 e. The molecule has 0 radical (unpaired) electrons. The fourth-order valence-corrected chi connectivity index (χ4v) is 4.53. The summed E-state index contributed by atoms with van der Waals surface area (Å²) in [5.41, 5.74) is 0.691. The maximum atomic E-state index is 14.6. The molecule has 1 fully saturated rings. The molecule has 7 nitrogen and oxygen atoms in total. The lowest BCUT2D eigenvalue weighted by Crippen LogP contribution is -2.53. The molecule has 2 heterocycles. The topological polar surface area (TPSA) is 82.1 Å². The van der Waals surface area contributed by atoms with Gasteiger partial charge in [0.1, 0.15) is 16.2 Å². The van der Waals surface area contributed by atoms with E-state index < -0.39 is 21.3 Å². The zero-order chi connectivity index (χ0) is 22.4. The van der Waals surface area contributed by atoms with Gasteiger partial charge in [-0.15, -0.1) is 0 Å². The van der Waals surface area contributed by atoms with E-state index in [1.165, 1.54) is 12.1 Å². The number of nitrogens with zero attached hydrogens (tertiary/aromatic N) is 1. The van der Waals surface area contributed by atoms with E-state index >= 15 is 0 Å². The molecule has 0 aromatic heterocycles. The summed E-state index contributed by atoms with van der Waals surface area (Å²) in [7, 11) is -3.40. The first kappa shape index (κ1) is 21.4. The van der Waals surface area contributed by atoms with Crippen molar-refractivity contribution in [3.05, 3.63) is 42.2 Å². The molecule has 0 unspecified atom stereocenters. The Kier molecular flexibility index (Phi) is 5.33. The molecule has 9 heteroatoms. The molecular weight excluding hydrogens is 425 g/mol. The first-order chi connectivity index (χ1) is 14.5. The van der Waals surface area contributed by atoms with Crippen LogP contribution in [0.2, 0.25) is 0 Å². The highest BCUT2D eigenvalue weighted by Gasteiger charge is 2.34. The molecule has 0 saturated carbocycles. The zero-order valence-electron chi connectivity index (χ0n) is 17.6. The van der Waals surface area contributed by atoms with Gasteiger partial charge in [-0.25, -0.2) is 17.6 Å². The van der Waals surface area contributed by atoms with Crippen LogP contribution in [0.15, 0.2) is 41.3 Å². The summed E-state index contributed by atoms with van der Waals surface area (Å²) in [4.78, 5) is 13.7. The van der Waals surface area contributed by atoms with E-state index in [9.17, 15) is 17.6 Å². The molecule has 2 aliphatic heterocycles. The van der Waals surface area contributed by atoms with E-state index in [1.807, 2.05) is 20.8 Å². The van der Waals surface area contributed by atoms with E-state index in [0.29, 0.717) is 30.8 Å². The number of hydrogen-bond donors (Lipinski definition) is 0. The van der Waals surface area contributed by atoms with Crippen LogP contribution in [0.3, 0.4) is 0 Å².